The van der Waals surface area contributed by atoms with Gasteiger partial charge in [0.1, 0.15) is 5.82 Å². The van der Waals surface area contributed by atoms with E-state index in [-0.39, 0.29) is 17.6 Å². The number of aliphatic imine (C=N–C) groups is 1. The summed E-state index contributed by atoms with van der Waals surface area (Å²) >= 11 is 0. The van der Waals surface area contributed by atoms with E-state index >= 15 is 0 Å². The molecule has 2 N–H and O–H groups in total. The Morgan fingerprint density at radius 3 is 2.45 bits per heavy atom. The largest absolute Gasteiger partial charge is 0.323 e. The second-order valence-corrected chi connectivity index (χ2v) is 6.68. The van der Waals surface area contributed by atoms with Crippen LogP contribution in [0.3, 0.4) is 0 Å². The summed E-state index contributed by atoms with van der Waals surface area (Å²) in [5, 5.41) is 10.0. The predicted molar refractivity (Wildman–Crippen MR) is 113 cm³/mol. The van der Waals surface area contributed by atoms with E-state index in [1.165, 1.54) is 6.07 Å². The van der Waals surface area contributed by atoms with Gasteiger partial charge in [0.25, 0.3) is 5.91 Å². The number of rotatable bonds is 5. The van der Waals surface area contributed by atoms with Gasteiger partial charge >= 0.3 is 0 Å². The lowest BCUT2D eigenvalue weighted by Gasteiger charge is -2.12. The van der Waals surface area contributed by atoms with E-state index in [4.69, 9.17) is 0 Å². The minimum Gasteiger partial charge on any atom is -0.323 e. The van der Waals surface area contributed by atoms with Crippen molar-refractivity contribution in [3.8, 4) is 0 Å². The van der Waals surface area contributed by atoms with Crippen molar-refractivity contribution in [1.29, 1.82) is 0 Å². The standard InChI is InChI=1S/C22H24FN5O/c1-15-18(16(2)28(3)27-15)13-14-24-22(25-20-12-8-7-11-19(20)23)26-21(29)17-9-5-4-6-10-17/h4-12H,13-14H2,1-3H3,(H2,24,25,26,29). The van der Waals surface area contributed by atoms with Crippen LogP contribution < -0.4 is 10.6 Å². The molecule has 7 heteroatoms. The number of halogens is 1. The summed E-state index contributed by atoms with van der Waals surface area (Å²) in [6, 6.07) is 15.1. The summed E-state index contributed by atoms with van der Waals surface area (Å²) in [4.78, 5) is 17.0. The van der Waals surface area contributed by atoms with Crippen molar-refractivity contribution in [2.75, 3.05) is 11.9 Å². The van der Waals surface area contributed by atoms with E-state index in [1.54, 1.807) is 42.5 Å². The fourth-order valence-corrected chi connectivity index (χ4v) is 3.03. The third-order valence-corrected chi connectivity index (χ3v) is 4.69. The van der Waals surface area contributed by atoms with E-state index in [1.807, 2.05) is 31.6 Å². The van der Waals surface area contributed by atoms with Crippen LogP contribution in [0.5, 0.6) is 0 Å². The molecule has 1 amide bonds. The van der Waals surface area contributed by atoms with Gasteiger partial charge in [-0.15, -0.1) is 0 Å². The fourth-order valence-electron chi connectivity index (χ4n) is 3.03. The van der Waals surface area contributed by atoms with Crippen molar-refractivity contribution < 1.29 is 9.18 Å². The molecule has 29 heavy (non-hydrogen) atoms. The van der Waals surface area contributed by atoms with Gasteiger partial charge < -0.3 is 5.32 Å². The van der Waals surface area contributed by atoms with Gasteiger partial charge in [-0.1, -0.05) is 30.3 Å². The molecule has 2 aromatic carbocycles. The highest BCUT2D eigenvalue weighted by Crippen LogP contribution is 2.14. The van der Waals surface area contributed by atoms with Crippen LogP contribution in [0, 0.1) is 19.7 Å². The fraction of sp³-hybridized carbons (Fsp3) is 0.227. The van der Waals surface area contributed by atoms with Gasteiger partial charge in [0.2, 0.25) is 5.96 Å². The van der Waals surface area contributed by atoms with Gasteiger partial charge in [0.15, 0.2) is 0 Å². The van der Waals surface area contributed by atoms with Gasteiger partial charge in [-0.2, -0.15) is 5.10 Å². The Hall–Kier alpha value is -3.48. The van der Waals surface area contributed by atoms with Crippen molar-refractivity contribution >= 4 is 17.6 Å². The second-order valence-electron chi connectivity index (χ2n) is 6.68. The Morgan fingerprint density at radius 2 is 1.79 bits per heavy atom. The Balaban J connectivity index is 1.78. The Morgan fingerprint density at radius 1 is 1.10 bits per heavy atom. The lowest BCUT2D eigenvalue weighted by molar-refractivity contribution is 0.0977. The van der Waals surface area contributed by atoms with Crippen molar-refractivity contribution in [3.63, 3.8) is 0 Å². The number of nitrogens with one attached hydrogen (secondary N) is 2. The normalized spacial score (nSPS) is 11.4. The lowest BCUT2D eigenvalue weighted by Crippen LogP contribution is -2.36. The average Bonchev–Trinajstić information content (AvgIpc) is 2.96. The van der Waals surface area contributed by atoms with Gasteiger partial charge in [-0.3, -0.25) is 19.8 Å². The molecule has 0 aliphatic carbocycles. The summed E-state index contributed by atoms with van der Waals surface area (Å²) in [7, 11) is 1.90. The van der Waals surface area contributed by atoms with E-state index in [0.29, 0.717) is 18.5 Å². The van der Waals surface area contributed by atoms with Gasteiger partial charge in [0.05, 0.1) is 11.4 Å². The number of carbonyl (C=O) groups is 1. The molecule has 0 aliphatic rings. The molecule has 0 saturated carbocycles. The summed E-state index contributed by atoms with van der Waals surface area (Å²) in [6.07, 6.45) is 0.662. The van der Waals surface area contributed by atoms with Crippen molar-refractivity contribution in [1.82, 2.24) is 15.1 Å². The monoisotopic (exact) mass is 393 g/mol. The number of amides is 1. The van der Waals surface area contributed by atoms with Crippen LogP contribution >= 0.6 is 0 Å². The number of benzene rings is 2. The number of para-hydroxylation sites is 1. The number of nitrogens with zero attached hydrogens (tertiary/aromatic N) is 3. The number of hydrogen-bond acceptors (Lipinski definition) is 3. The summed E-state index contributed by atoms with van der Waals surface area (Å²) in [6.45, 7) is 4.38. The number of carbonyl (C=O) groups excluding carboxylic acids is 1. The van der Waals surface area contributed by atoms with E-state index in [2.05, 4.69) is 20.7 Å². The Kier molecular flexibility index (Phi) is 6.39. The number of anilines is 1. The average molecular weight is 393 g/mol. The molecule has 3 aromatic rings. The molecular weight excluding hydrogens is 369 g/mol. The SMILES string of the molecule is Cc1nn(C)c(C)c1CCN=C(NC(=O)c1ccccc1)Nc1ccccc1F. The van der Waals surface area contributed by atoms with Crippen LogP contribution in [-0.2, 0) is 13.5 Å². The van der Waals surface area contributed by atoms with Crippen LogP contribution in [-0.4, -0.2) is 28.2 Å². The smallest absolute Gasteiger partial charge is 0.257 e. The highest BCUT2D eigenvalue weighted by atomic mass is 19.1. The summed E-state index contributed by atoms with van der Waals surface area (Å²) in [5.41, 5.74) is 3.89. The molecule has 0 spiro atoms. The highest BCUT2D eigenvalue weighted by molar-refractivity contribution is 6.09. The third-order valence-electron chi connectivity index (χ3n) is 4.69. The van der Waals surface area contributed by atoms with E-state index < -0.39 is 5.82 Å². The van der Waals surface area contributed by atoms with Crippen LogP contribution in [0.1, 0.15) is 27.3 Å². The van der Waals surface area contributed by atoms with Crippen LogP contribution in [0.4, 0.5) is 10.1 Å². The first-order chi connectivity index (χ1) is 14.0. The molecule has 0 radical (unpaired) electrons. The molecule has 1 aromatic heterocycles. The van der Waals surface area contributed by atoms with Gasteiger partial charge in [-0.25, -0.2) is 4.39 Å². The molecule has 0 saturated heterocycles. The zero-order chi connectivity index (χ0) is 20.8. The number of hydrogen-bond donors (Lipinski definition) is 2. The van der Waals surface area contributed by atoms with E-state index in [9.17, 15) is 9.18 Å². The molecule has 1 heterocycles. The molecule has 0 unspecified atom stereocenters. The minimum absolute atomic E-state index is 0.197. The Labute approximate surface area is 169 Å². The molecule has 3 rings (SSSR count). The first-order valence-corrected chi connectivity index (χ1v) is 9.37. The maximum Gasteiger partial charge on any atom is 0.257 e. The maximum absolute atomic E-state index is 14.1. The zero-order valence-electron chi connectivity index (χ0n) is 16.7. The first-order valence-electron chi connectivity index (χ1n) is 9.37. The number of aryl methyl sites for hydroxylation is 2. The predicted octanol–water partition coefficient (Wildman–Crippen LogP) is 3.62. The quantitative estimate of drug-likeness (QED) is 0.514. The number of aromatic nitrogens is 2. The highest BCUT2D eigenvalue weighted by Gasteiger charge is 2.12. The first kappa shape index (κ1) is 20.3. The third kappa shape index (κ3) is 5.07. The lowest BCUT2D eigenvalue weighted by atomic mass is 10.1. The maximum atomic E-state index is 14.1. The summed E-state index contributed by atoms with van der Waals surface area (Å²) < 4.78 is 15.9. The summed E-state index contributed by atoms with van der Waals surface area (Å²) in [5.74, 6) is -0.543. The zero-order valence-corrected chi connectivity index (χ0v) is 16.7. The van der Waals surface area contributed by atoms with Crippen LogP contribution in [0.15, 0.2) is 59.6 Å². The topological polar surface area (TPSA) is 71.3 Å². The second kappa shape index (κ2) is 9.14. The van der Waals surface area contributed by atoms with Crippen molar-refractivity contribution in [2.45, 2.75) is 20.3 Å². The molecule has 0 bridgehead atoms. The van der Waals surface area contributed by atoms with Crippen molar-refractivity contribution in [3.05, 3.63) is 82.9 Å². The minimum atomic E-state index is -0.423. The van der Waals surface area contributed by atoms with Crippen LogP contribution in [0.25, 0.3) is 0 Å². The van der Waals surface area contributed by atoms with Crippen molar-refractivity contribution in [2.24, 2.45) is 12.0 Å². The van der Waals surface area contributed by atoms with E-state index in [0.717, 1.165) is 17.0 Å². The number of guanidine groups is 1. The molecule has 0 atom stereocenters. The van der Waals surface area contributed by atoms with Crippen LogP contribution in [0.2, 0.25) is 0 Å². The molecule has 150 valence electrons. The molecule has 0 aliphatic heterocycles. The van der Waals surface area contributed by atoms with Gasteiger partial charge in [0, 0.05) is 24.8 Å². The molecular formula is C22H24FN5O. The molecule has 0 fully saturated rings. The Bertz CT molecular complexity index is 1030. The van der Waals surface area contributed by atoms with Gasteiger partial charge in [-0.05, 0) is 50.1 Å². The molecule has 6 nitrogen and oxygen atoms in total.